The molecule has 0 spiro atoms. The molecule has 0 atom stereocenters. The summed E-state index contributed by atoms with van der Waals surface area (Å²) in [5.41, 5.74) is 1.28. The third-order valence-electron chi connectivity index (χ3n) is 2.88. The number of halogens is 2. The Morgan fingerprint density at radius 3 is 2.79 bits per heavy atom. The molecule has 0 aliphatic rings. The zero-order valence-electron chi connectivity index (χ0n) is 9.82. The first kappa shape index (κ1) is 11.6. The Morgan fingerprint density at radius 1 is 1.16 bits per heavy atom. The van der Waals surface area contributed by atoms with E-state index in [1.54, 1.807) is 18.2 Å². The van der Waals surface area contributed by atoms with E-state index in [1.165, 1.54) is 6.07 Å². The number of benzene rings is 2. The first-order valence-electron chi connectivity index (χ1n) is 5.74. The molecule has 0 bridgehead atoms. The number of rotatable bonds is 2. The molecule has 0 saturated heterocycles. The summed E-state index contributed by atoms with van der Waals surface area (Å²) in [5.74, 6) is -1.19. The van der Waals surface area contributed by atoms with Gasteiger partial charge in [-0.2, -0.15) is 0 Å². The lowest BCUT2D eigenvalue weighted by Crippen LogP contribution is -1.90. The number of nitrogens with one attached hydrogen (secondary N) is 1. The smallest absolute Gasteiger partial charge is 0.186 e. The standard InChI is InChI=1S/C14H10F2N2O/c15-10-4-5-11-14(13(10)16)18-12(17-11)7-8-2-1-3-9(19)6-8/h1-6,19H,7H2,(H,17,18). The fourth-order valence-corrected chi connectivity index (χ4v) is 2.01. The summed E-state index contributed by atoms with van der Waals surface area (Å²) in [6, 6.07) is 9.22. The van der Waals surface area contributed by atoms with Crippen molar-refractivity contribution >= 4 is 11.0 Å². The minimum Gasteiger partial charge on any atom is -0.508 e. The van der Waals surface area contributed by atoms with Gasteiger partial charge in [-0.15, -0.1) is 0 Å². The quantitative estimate of drug-likeness (QED) is 0.743. The van der Waals surface area contributed by atoms with Crippen LogP contribution >= 0.6 is 0 Å². The highest BCUT2D eigenvalue weighted by Crippen LogP contribution is 2.20. The van der Waals surface area contributed by atoms with Gasteiger partial charge in [-0.1, -0.05) is 12.1 Å². The van der Waals surface area contributed by atoms with Gasteiger partial charge in [0.25, 0.3) is 0 Å². The van der Waals surface area contributed by atoms with Crippen molar-refractivity contribution in [3.8, 4) is 5.75 Å². The van der Waals surface area contributed by atoms with Crippen molar-refractivity contribution < 1.29 is 13.9 Å². The summed E-state index contributed by atoms with van der Waals surface area (Å²) in [5, 5.41) is 9.37. The van der Waals surface area contributed by atoms with Crippen molar-refractivity contribution in [2.45, 2.75) is 6.42 Å². The number of phenolic OH excluding ortho intramolecular Hbond substituents is 1. The molecule has 0 radical (unpaired) electrons. The van der Waals surface area contributed by atoms with Gasteiger partial charge in [0.05, 0.1) is 5.52 Å². The van der Waals surface area contributed by atoms with E-state index in [4.69, 9.17) is 0 Å². The summed E-state index contributed by atoms with van der Waals surface area (Å²) >= 11 is 0. The van der Waals surface area contributed by atoms with Gasteiger partial charge < -0.3 is 10.1 Å². The van der Waals surface area contributed by atoms with Gasteiger partial charge in [-0.25, -0.2) is 13.8 Å². The third-order valence-corrected chi connectivity index (χ3v) is 2.88. The van der Waals surface area contributed by atoms with Crippen LogP contribution in [0.3, 0.4) is 0 Å². The molecule has 96 valence electrons. The first-order chi connectivity index (χ1) is 9.13. The van der Waals surface area contributed by atoms with Gasteiger partial charge in [0.2, 0.25) is 0 Å². The predicted molar refractivity (Wildman–Crippen MR) is 66.9 cm³/mol. The van der Waals surface area contributed by atoms with Crippen LogP contribution in [0, 0.1) is 11.6 Å². The summed E-state index contributed by atoms with van der Waals surface area (Å²) in [4.78, 5) is 6.98. The number of aromatic nitrogens is 2. The van der Waals surface area contributed by atoms with E-state index in [2.05, 4.69) is 9.97 Å². The number of nitrogens with zero attached hydrogens (tertiary/aromatic N) is 1. The Morgan fingerprint density at radius 2 is 2.00 bits per heavy atom. The predicted octanol–water partition coefficient (Wildman–Crippen LogP) is 3.14. The minimum atomic E-state index is -0.948. The first-order valence-corrected chi connectivity index (χ1v) is 5.74. The van der Waals surface area contributed by atoms with Gasteiger partial charge in [0, 0.05) is 6.42 Å². The minimum absolute atomic E-state index is 0.00449. The molecule has 1 heterocycles. The molecule has 0 aliphatic carbocycles. The summed E-state index contributed by atoms with van der Waals surface area (Å²) < 4.78 is 26.6. The lowest BCUT2D eigenvalue weighted by Gasteiger charge is -1.98. The second-order valence-corrected chi connectivity index (χ2v) is 4.29. The van der Waals surface area contributed by atoms with Crippen LogP contribution in [-0.4, -0.2) is 15.1 Å². The van der Waals surface area contributed by atoms with Crippen molar-refractivity contribution in [3.63, 3.8) is 0 Å². The van der Waals surface area contributed by atoms with Gasteiger partial charge in [0.1, 0.15) is 17.1 Å². The van der Waals surface area contributed by atoms with Gasteiger partial charge in [-0.3, -0.25) is 0 Å². The van der Waals surface area contributed by atoms with Crippen LogP contribution in [0.4, 0.5) is 8.78 Å². The Kier molecular flexibility index (Phi) is 2.67. The molecule has 19 heavy (non-hydrogen) atoms. The number of H-pyrrole nitrogens is 1. The molecule has 3 rings (SSSR count). The van der Waals surface area contributed by atoms with Crippen LogP contribution in [0.1, 0.15) is 11.4 Å². The van der Waals surface area contributed by atoms with Crippen molar-refractivity contribution in [1.82, 2.24) is 9.97 Å². The highest BCUT2D eigenvalue weighted by atomic mass is 19.2. The summed E-state index contributed by atoms with van der Waals surface area (Å²) in [6.45, 7) is 0. The number of fused-ring (bicyclic) bond motifs is 1. The average Bonchev–Trinajstić information content (AvgIpc) is 2.77. The van der Waals surface area contributed by atoms with Crippen molar-refractivity contribution in [2.75, 3.05) is 0 Å². The van der Waals surface area contributed by atoms with E-state index in [0.717, 1.165) is 11.6 Å². The Bertz CT molecular complexity index is 752. The van der Waals surface area contributed by atoms with E-state index in [0.29, 0.717) is 17.8 Å². The van der Waals surface area contributed by atoms with Gasteiger partial charge in [0.15, 0.2) is 11.6 Å². The largest absolute Gasteiger partial charge is 0.508 e. The Balaban J connectivity index is 2.00. The topological polar surface area (TPSA) is 48.9 Å². The lowest BCUT2D eigenvalue weighted by molar-refractivity contribution is 0.474. The van der Waals surface area contributed by atoms with E-state index in [-0.39, 0.29) is 11.3 Å². The molecule has 0 fully saturated rings. The van der Waals surface area contributed by atoms with E-state index in [9.17, 15) is 13.9 Å². The highest BCUT2D eigenvalue weighted by molar-refractivity contribution is 5.75. The maximum absolute atomic E-state index is 13.5. The van der Waals surface area contributed by atoms with Gasteiger partial charge >= 0.3 is 0 Å². The van der Waals surface area contributed by atoms with Crippen LogP contribution in [-0.2, 0) is 6.42 Å². The van der Waals surface area contributed by atoms with Crippen LogP contribution in [0.25, 0.3) is 11.0 Å². The monoisotopic (exact) mass is 260 g/mol. The van der Waals surface area contributed by atoms with Crippen molar-refractivity contribution in [2.24, 2.45) is 0 Å². The number of imidazole rings is 1. The molecule has 0 aliphatic heterocycles. The fraction of sp³-hybridized carbons (Fsp3) is 0.0714. The van der Waals surface area contributed by atoms with E-state index >= 15 is 0 Å². The van der Waals surface area contributed by atoms with Crippen molar-refractivity contribution in [3.05, 3.63) is 59.4 Å². The van der Waals surface area contributed by atoms with E-state index in [1.807, 2.05) is 6.07 Å². The molecule has 5 heteroatoms. The highest BCUT2D eigenvalue weighted by Gasteiger charge is 2.12. The molecular formula is C14H10F2N2O. The number of aromatic hydroxyl groups is 1. The van der Waals surface area contributed by atoms with Crippen LogP contribution in [0.2, 0.25) is 0 Å². The Labute approximate surface area is 107 Å². The average molecular weight is 260 g/mol. The van der Waals surface area contributed by atoms with Gasteiger partial charge in [-0.05, 0) is 29.8 Å². The zero-order valence-corrected chi connectivity index (χ0v) is 9.82. The molecule has 2 N–H and O–H groups in total. The molecule has 3 nitrogen and oxygen atoms in total. The second-order valence-electron chi connectivity index (χ2n) is 4.29. The SMILES string of the molecule is Oc1cccc(Cc2nc3c(F)c(F)ccc3[nH]2)c1. The van der Waals surface area contributed by atoms with Crippen LogP contribution in [0.5, 0.6) is 5.75 Å². The number of hydrogen-bond donors (Lipinski definition) is 2. The van der Waals surface area contributed by atoms with E-state index < -0.39 is 11.6 Å². The normalized spacial score (nSPS) is 11.1. The molecule has 1 aromatic heterocycles. The molecular weight excluding hydrogens is 250 g/mol. The van der Waals surface area contributed by atoms with Crippen LogP contribution < -0.4 is 0 Å². The number of hydrogen-bond acceptors (Lipinski definition) is 2. The molecule has 0 unspecified atom stereocenters. The molecule has 3 aromatic rings. The fourth-order valence-electron chi connectivity index (χ4n) is 2.01. The van der Waals surface area contributed by atoms with Crippen LogP contribution in [0.15, 0.2) is 36.4 Å². The molecule has 0 amide bonds. The molecule has 0 saturated carbocycles. The second kappa shape index (κ2) is 4.35. The Hall–Kier alpha value is -2.43. The molecule has 2 aromatic carbocycles. The lowest BCUT2D eigenvalue weighted by atomic mass is 10.1. The number of aromatic amines is 1. The maximum Gasteiger partial charge on any atom is 0.186 e. The summed E-state index contributed by atoms with van der Waals surface area (Å²) in [6.07, 6.45) is 0.407. The summed E-state index contributed by atoms with van der Waals surface area (Å²) in [7, 11) is 0. The number of phenols is 1. The zero-order chi connectivity index (χ0) is 13.4. The maximum atomic E-state index is 13.5. The van der Waals surface area contributed by atoms with Crippen molar-refractivity contribution in [1.29, 1.82) is 0 Å². The third kappa shape index (κ3) is 2.14.